The van der Waals surface area contributed by atoms with Gasteiger partial charge in [0.25, 0.3) is 0 Å². The van der Waals surface area contributed by atoms with Crippen molar-refractivity contribution in [2.45, 2.75) is 39.9 Å². The van der Waals surface area contributed by atoms with E-state index in [2.05, 4.69) is 36.8 Å². The standard InChI is InChI=1S/3C2H5.CH3Se.Sn/c4*1-2;/h3*1H2,2H3;1H3;. The van der Waals surface area contributed by atoms with Gasteiger partial charge in [-0.2, -0.15) is 0 Å². The molecule has 0 heterocycles. The van der Waals surface area contributed by atoms with Crippen LogP contribution in [0.25, 0.3) is 0 Å². The summed E-state index contributed by atoms with van der Waals surface area (Å²) in [7, 11) is 0. The van der Waals surface area contributed by atoms with Crippen LogP contribution < -0.4 is 0 Å². The summed E-state index contributed by atoms with van der Waals surface area (Å²) in [6.07, 6.45) is 0. The Labute approximate surface area is 75.4 Å². The second kappa shape index (κ2) is 12.0. The fourth-order valence-corrected chi connectivity index (χ4v) is 5.03. The normalized spacial score (nSPS) is 8.67. The van der Waals surface area contributed by atoms with Gasteiger partial charge in [0, 0.05) is 0 Å². The summed E-state index contributed by atoms with van der Waals surface area (Å²) in [4.78, 5) is 0. The number of hydrogen-bond acceptors (Lipinski definition) is 0. The summed E-state index contributed by atoms with van der Waals surface area (Å²) in [6.45, 7) is 7.05. The van der Waals surface area contributed by atoms with Gasteiger partial charge in [-0.3, -0.25) is 0 Å². The molecule has 0 atom stereocenters. The van der Waals surface area contributed by atoms with E-state index in [0.29, 0.717) is 0 Å². The SMILES string of the molecule is C[CH2][Sn]([CH2]C)[CH2]C.C[Se]. The summed E-state index contributed by atoms with van der Waals surface area (Å²) in [5.74, 6) is 1.88. The van der Waals surface area contributed by atoms with Gasteiger partial charge < -0.3 is 0 Å². The second-order valence-electron chi connectivity index (χ2n) is 1.81. The van der Waals surface area contributed by atoms with Crippen molar-refractivity contribution in [2.75, 3.05) is 0 Å². The fourth-order valence-electron chi connectivity index (χ4n) is 0.750. The van der Waals surface area contributed by atoms with Gasteiger partial charge in [0.15, 0.2) is 0 Å². The molecule has 9 heavy (non-hydrogen) atoms. The third-order valence-electron chi connectivity index (χ3n) is 1.50. The Hall–Kier alpha value is 1.32. The third-order valence-corrected chi connectivity index (χ3v) is 10.1. The van der Waals surface area contributed by atoms with E-state index in [0.717, 1.165) is 0 Å². The molecule has 0 rings (SSSR count). The molecule has 0 spiro atoms. The molecule has 0 saturated carbocycles. The molecule has 0 bridgehead atoms. The first kappa shape index (κ1) is 12.9. The van der Waals surface area contributed by atoms with Crippen molar-refractivity contribution < 1.29 is 0 Å². The summed E-state index contributed by atoms with van der Waals surface area (Å²) in [5, 5.41) is 0. The number of rotatable bonds is 3. The van der Waals surface area contributed by atoms with E-state index >= 15 is 0 Å². The van der Waals surface area contributed by atoms with Gasteiger partial charge in [-0.1, -0.05) is 0 Å². The first-order valence-electron chi connectivity index (χ1n) is 3.59. The molecule has 0 amide bonds. The van der Waals surface area contributed by atoms with Crippen LogP contribution in [-0.4, -0.2) is 35.8 Å². The van der Waals surface area contributed by atoms with E-state index in [1.54, 1.807) is 13.3 Å². The molecule has 0 nitrogen and oxygen atoms in total. The van der Waals surface area contributed by atoms with E-state index in [9.17, 15) is 0 Å². The molecule has 0 saturated heterocycles. The Balaban J connectivity index is 0. The van der Waals surface area contributed by atoms with Gasteiger partial charge in [-0.05, 0) is 0 Å². The minimum absolute atomic E-state index is 0.653. The Morgan fingerprint density at radius 2 is 1.11 bits per heavy atom. The predicted molar refractivity (Wildman–Crippen MR) is 48.8 cm³/mol. The second-order valence-corrected chi connectivity index (χ2v) is 12.1. The molecule has 0 aromatic rings. The molecular weight excluding hydrogens is 282 g/mol. The van der Waals surface area contributed by atoms with Crippen LogP contribution >= 0.6 is 0 Å². The summed E-state index contributed by atoms with van der Waals surface area (Å²) >= 11 is 1.97. The zero-order valence-electron chi connectivity index (χ0n) is 7.03. The molecule has 0 N–H and O–H groups in total. The van der Waals surface area contributed by atoms with Gasteiger partial charge in [-0.15, -0.1) is 0 Å². The van der Waals surface area contributed by atoms with E-state index in [1.807, 2.05) is 5.82 Å². The molecule has 56 valence electrons. The predicted octanol–water partition coefficient (Wildman–Crippen LogP) is 2.74. The van der Waals surface area contributed by atoms with Crippen LogP contribution in [0.5, 0.6) is 0 Å². The summed E-state index contributed by atoms with van der Waals surface area (Å²) in [5.41, 5.74) is 0. The van der Waals surface area contributed by atoms with E-state index in [4.69, 9.17) is 0 Å². The monoisotopic (exact) mass is 302 g/mol. The average Bonchev–Trinajstić information content (AvgIpc) is 1.96. The Kier molecular flexibility index (Phi) is 17.3. The average molecular weight is 300 g/mol. The van der Waals surface area contributed by atoms with Crippen LogP contribution in [0.3, 0.4) is 0 Å². The Bertz CT molecular complexity index is 30.4. The van der Waals surface area contributed by atoms with Crippen molar-refractivity contribution in [1.29, 1.82) is 0 Å². The molecule has 0 aliphatic carbocycles. The third kappa shape index (κ3) is 9.32. The Morgan fingerprint density at radius 3 is 1.11 bits per heavy atom. The molecule has 0 aliphatic heterocycles. The van der Waals surface area contributed by atoms with Crippen molar-refractivity contribution in [3.05, 3.63) is 0 Å². The van der Waals surface area contributed by atoms with Gasteiger partial charge >= 0.3 is 75.7 Å². The van der Waals surface area contributed by atoms with E-state index in [1.165, 1.54) is 0 Å². The van der Waals surface area contributed by atoms with Crippen molar-refractivity contribution in [3.8, 4) is 0 Å². The molecular formula is C7H18SeSn. The van der Waals surface area contributed by atoms with Gasteiger partial charge in [0.1, 0.15) is 0 Å². The van der Waals surface area contributed by atoms with Crippen molar-refractivity contribution in [3.63, 3.8) is 0 Å². The van der Waals surface area contributed by atoms with E-state index in [-0.39, 0.29) is 0 Å². The summed E-state index contributed by atoms with van der Waals surface area (Å²) < 4.78 is 4.65. The zero-order chi connectivity index (χ0) is 7.70. The van der Waals surface area contributed by atoms with Gasteiger partial charge in [0.2, 0.25) is 0 Å². The summed E-state index contributed by atoms with van der Waals surface area (Å²) in [6, 6.07) is 0. The minimum atomic E-state index is -0.653. The molecule has 0 fully saturated rings. The molecule has 0 aromatic heterocycles. The molecule has 0 aromatic carbocycles. The van der Waals surface area contributed by atoms with Crippen molar-refractivity contribution >= 4 is 35.8 Å². The molecule has 2 radical (unpaired) electrons. The van der Waals surface area contributed by atoms with Crippen molar-refractivity contribution in [1.82, 2.24) is 0 Å². The molecule has 2 heteroatoms. The van der Waals surface area contributed by atoms with Gasteiger partial charge in [-0.25, -0.2) is 0 Å². The quantitative estimate of drug-likeness (QED) is 0.703. The van der Waals surface area contributed by atoms with Crippen LogP contribution in [0.2, 0.25) is 19.1 Å². The fraction of sp³-hybridized carbons (Fsp3) is 1.00. The van der Waals surface area contributed by atoms with Crippen LogP contribution in [-0.2, 0) is 0 Å². The van der Waals surface area contributed by atoms with Crippen LogP contribution in [0.1, 0.15) is 20.8 Å². The zero-order valence-corrected chi connectivity index (χ0v) is 11.6. The van der Waals surface area contributed by atoms with Crippen molar-refractivity contribution in [2.24, 2.45) is 0 Å². The maximum atomic E-state index is 2.62. The number of hydrogen-bond donors (Lipinski definition) is 0. The topological polar surface area (TPSA) is 0 Å². The van der Waals surface area contributed by atoms with Crippen LogP contribution in [0.15, 0.2) is 0 Å². The Morgan fingerprint density at radius 1 is 0.889 bits per heavy atom. The van der Waals surface area contributed by atoms with E-state index < -0.39 is 19.8 Å². The van der Waals surface area contributed by atoms with Gasteiger partial charge in [0.05, 0.1) is 0 Å². The van der Waals surface area contributed by atoms with Crippen LogP contribution in [0.4, 0.5) is 0 Å². The first-order valence-corrected chi connectivity index (χ1v) is 11.4. The molecule has 0 aliphatic rings. The first-order chi connectivity index (χ1) is 4.35. The van der Waals surface area contributed by atoms with Crippen LogP contribution in [0, 0.1) is 0 Å². The molecule has 0 unspecified atom stereocenters. The maximum absolute atomic E-state index is 2.62.